The summed E-state index contributed by atoms with van der Waals surface area (Å²) in [6, 6.07) is 0. The summed E-state index contributed by atoms with van der Waals surface area (Å²) in [6.45, 7) is 8.86. The maximum Gasteiger partial charge on any atom is 0.197 e. The molecule has 0 saturated heterocycles. The third-order valence-corrected chi connectivity index (χ3v) is 2.14. The number of ketones is 6. The van der Waals surface area contributed by atoms with Crippen LogP contribution in [0.3, 0.4) is 0 Å². The van der Waals surface area contributed by atoms with E-state index in [4.69, 9.17) is 0 Å². The van der Waals surface area contributed by atoms with Crippen LogP contribution in [-0.2, 0) is 48.9 Å². The number of hydrogen-bond donors (Lipinski definition) is 0. The van der Waals surface area contributed by atoms with Gasteiger partial charge >= 0.3 is 0 Å². The van der Waals surface area contributed by atoms with Gasteiger partial charge in [-0.25, -0.2) is 0 Å². The summed E-state index contributed by atoms with van der Waals surface area (Å²) >= 11 is 0. The van der Waals surface area contributed by atoms with Crippen molar-refractivity contribution < 1.29 is 48.9 Å². The second kappa shape index (κ2) is 17.7. The zero-order chi connectivity index (χ0) is 17.6. The minimum Gasteiger partial charge on any atom is -0.291 e. The molecule has 0 aromatic rings. The monoisotopic (exact) mass is 493 g/mol. The van der Waals surface area contributed by atoms with Gasteiger partial charge in [0.15, 0.2) is 34.7 Å². The second-order valence-electron chi connectivity index (χ2n) is 4.00. The van der Waals surface area contributed by atoms with Gasteiger partial charge in [0.05, 0.1) is 0 Å². The molecule has 0 heterocycles. The van der Waals surface area contributed by atoms with Crippen LogP contribution in [0.4, 0.5) is 0 Å². The quantitative estimate of drug-likeness (QED) is 0.523. The Hall–Kier alpha value is -1.33. The molecule has 7 heteroatoms. The first-order valence-electron chi connectivity index (χ1n) is 6.66. The van der Waals surface area contributed by atoms with Gasteiger partial charge in [0.1, 0.15) is 0 Å². The van der Waals surface area contributed by atoms with E-state index in [0.29, 0.717) is 19.3 Å². The van der Waals surface area contributed by atoms with Crippen LogP contribution in [0.15, 0.2) is 0 Å². The molecule has 0 unspecified atom stereocenters. The van der Waals surface area contributed by atoms with Gasteiger partial charge in [0.25, 0.3) is 0 Å². The first-order valence-corrected chi connectivity index (χ1v) is 6.66. The van der Waals surface area contributed by atoms with Crippen molar-refractivity contribution in [2.75, 3.05) is 0 Å². The molecule has 0 aliphatic rings. The minimum atomic E-state index is -0.345. The standard InChI is InChI=1S/3C5H8O2.Ir/c3*1-3-5(7)4(2)6;/h3*3H2,1-2H3;. The maximum absolute atomic E-state index is 10.2. The molecule has 0 amide bonds. The van der Waals surface area contributed by atoms with Crippen molar-refractivity contribution in [1.82, 2.24) is 0 Å². The Balaban J connectivity index is -0.000000108. The molecule has 0 spiro atoms. The molecule has 0 aromatic heterocycles. The van der Waals surface area contributed by atoms with Crippen LogP contribution in [0.25, 0.3) is 0 Å². The van der Waals surface area contributed by atoms with Gasteiger partial charge in [-0.15, -0.1) is 0 Å². The summed E-state index contributed by atoms with van der Waals surface area (Å²) in [5.74, 6) is -1.91. The Bertz CT molecular complexity index is 350. The summed E-state index contributed by atoms with van der Waals surface area (Å²) in [6.07, 6.45) is 0.986. The van der Waals surface area contributed by atoms with E-state index in [2.05, 4.69) is 0 Å². The third kappa shape index (κ3) is 21.0. The largest absolute Gasteiger partial charge is 0.291 e. The van der Waals surface area contributed by atoms with E-state index in [-0.39, 0.29) is 54.8 Å². The molecule has 0 aromatic carbocycles. The summed E-state index contributed by atoms with van der Waals surface area (Å²) in [7, 11) is 0. The van der Waals surface area contributed by atoms with Crippen LogP contribution in [-0.4, -0.2) is 34.7 Å². The van der Waals surface area contributed by atoms with E-state index in [0.717, 1.165) is 0 Å². The van der Waals surface area contributed by atoms with Gasteiger partial charge in [0.2, 0.25) is 0 Å². The van der Waals surface area contributed by atoms with E-state index >= 15 is 0 Å². The topological polar surface area (TPSA) is 102 Å². The molecule has 0 fully saturated rings. The van der Waals surface area contributed by atoms with Crippen molar-refractivity contribution in [3.05, 3.63) is 0 Å². The summed E-state index contributed by atoms with van der Waals surface area (Å²) in [5, 5.41) is 0. The molecule has 0 bridgehead atoms. The van der Waals surface area contributed by atoms with E-state index in [1.165, 1.54) is 20.8 Å². The van der Waals surface area contributed by atoms with Crippen molar-refractivity contribution in [3.8, 4) is 0 Å². The molecule has 1 radical (unpaired) electrons. The average Bonchev–Trinajstić information content (AvgIpc) is 2.45. The summed E-state index contributed by atoms with van der Waals surface area (Å²) < 4.78 is 0. The van der Waals surface area contributed by atoms with Crippen molar-refractivity contribution in [3.63, 3.8) is 0 Å². The first-order chi connectivity index (χ1) is 9.54. The fourth-order valence-corrected chi connectivity index (χ4v) is 0.747. The van der Waals surface area contributed by atoms with Gasteiger partial charge in [-0.2, -0.15) is 0 Å². The third-order valence-electron chi connectivity index (χ3n) is 2.14. The normalized spacial score (nSPS) is 7.91. The second-order valence-corrected chi connectivity index (χ2v) is 4.00. The first kappa shape index (κ1) is 28.8. The SMILES string of the molecule is CCC(=O)C(C)=O.CCC(=O)C(C)=O.CCC(=O)C(C)=O.[Ir]. The van der Waals surface area contributed by atoms with Crippen LogP contribution in [0.5, 0.6) is 0 Å². The van der Waals surface area contributed by atoms with Crippen molar-refractivity contribution in [2.24, 2.45) is 0 Å². The van der Waals surface area contributed by atoms with Crippen LogP contribution < -0.4 is 0 Å². The molecular weight excluding hydrogens is 468 g/mol. The van der Waals surface area contributed by atoms with Crippen LogP contribution in [0.1, 0.15) is 60.8 Å². The zero-order valence-corrected chi connectivity index (χ0v) is 16.3. The Morgan fingerprint density at radius 3 is 0.636 bits per heavy atom. The van der Waals surface area contributed by atoms with Gasteiger partial charge in [-0.1, -0.05) is 20.8 Å². The molecular formula is C15H24IrO6. The Morgan fingerprint density at radius 2 is 0.636 bits per heavy atom. The molecule has 0 rings (SSSR count). The molecule has 0 atom stereocenters. The van der Waals surface area contributed by atoms with Gasteiger partial charge in [0, 0.05) is 60.1 Å². The predicted octanol–water partition coefficient (Wildman–Crippen LogP) is 1.66. The Morgan fingerprint density at radius 1 is 0.500 bits per heavy atom. The van der Waals surface area contributed by atoms with Crippen LogP contribution in [0, 0.1) is 0 Å². The van der Waals surface area contributed by atoms with Crippen molar-refractivity contribution >= 4 is 34.7 Å². The molecule has 6 nitrogen and oxygen atoms in total. The Kier molecular flexibility index (Phi) is 23.2. The molecule has 22 heavy (non-hydrogen) atoms. The minimum absolute atomic E-state index is 0. The number of rotatable bonds is 6. The summed E-state index contributed by atoms with van der Waals surface area (Å²) in [4.78, 5) is 60.6. The number of Topliss-reactive ketones (excluding diaryl/α,β-unsaturated/α-hetero) is 6. The van der Waals surface area contributed by atoms with Crippen molar-refractivity contribution in [2.45, 2.75) is 60.8 Å². The maximum atomic E-state index is 10.2. The molecule has 0 aliphatic carbocycles. The number of carbonyl (C=O) groups excluding carboxylic acids is 6. The molecule has 0 N–H and O–H groups in total. The van der Waals surface area contributed by atoms with Crippen LogP contribution >= 0.6 is 0 Å². The van der Waals surface area contributed by atoms with E-state index in [1.807, 2.05) is 0 Å². The number of carbonyl (C=O) groups is 6. The van der Waals surface area contributed by atoms with Crippen molar-refractivity contribution in [1.29, 1.82) is 0 Å². The molecule has 0 saturated carbocycles. The van der Waals surface area contributed by atoms with Gasteiger partial charge in [-0.05, 0) is 0 Å². The van der Waals surface area contributed by atoms with E-state index in [9.17, 15) is 28.8 Å². The fourth-order valence-electron chi connectivity index (χ4n) is 0.747. The average molecular weight is 493 g/mol. The van der Waals surface area contributed by atoms with Gasteiger partial charge < -0.3 is 0 Å². The summed E-state index contributed by atoms with van der Waals surface area (Å²) in [5.41, 5.74) is 0. The molecule has 129 valence electrons. The van der Waals surface area contributed by atoms with Gasteiger partial charge in [-0.3, -0.25) is 28.8 Å². The fraction of sp³-hybridized carbons (Fsp3) is 0.600. The zero-order valence-electron chi connectivity index (χ0n) is 13.9. The Labute approximate surface area is 144 Å². The smallest absolute Gasteiger partial charge is 0.197 e. The van der Waals surface area contributed by atoms with Crippen LogP contribution in [0.2, 0.25) is 0 Å². The molecule has 0 aliphatic heterocycles. The van der Waals surface area contributed by atoms with E-state index < -0.39 is 0 Å². The predicted molar refractivity (Wildman–Crippen MR) is 77.9 cm³/mol. The number of hydrogen-bond acceptors (Lipinski definition) is 6. The van der Waals surface area contributed by atoms with E-state index in [1.54, 1.807) is 20.8 Å².